The molecule has 0 spiro atoms. The second-order valence-corrected chi connectivity index (χ2v) is 12.4. The van der Waals surface area contributed by atoms with E-state index in [1.165, 1.54) is 7.11 Å². The number of aromatic nitrogens is 4. The first kappa shape index (κ1) is 31.8. The molecule has 6 rings (SSSR count). The number of carbonyl (C=O) groups excluding carboxylic acids is 1. The van der Waals surface area contributed by atoms with Crippen molar-refractivity contribution in [2.45, 2.75) is 59.0 Å². The molecular weight excluding hydrogens is 602 g/mol. The number of aryl methyl sites for hydroxylation is 2. The van der Waals surface area contributed by atoms with E-state index in [1.807, 2.05) is 74.0 Å². The highest BCUT2D eigenvalue weighted by Crippen LogP contribution is 2.33. The number of hydrogen-bond donors (Lipinski definition) is 1. The van der Waals surface area contributed by atoms with Gasteiger partial charge in [-0.2, -0.15) is 0 Å². The van der Waals surface area contributed by atoms with Crippen LogP contribution in [0.15, 0.2) is 73.2 Å². The van der Waals surface area contributed by atoms with Gasteiger partial charge in [-0.05, 0) is 98.8 Å². The first-order valence-corrected chi connectivity index (χ1v) is 16.2. The van der Waals surface area contributed by atoms with E-state index < -0.39 is 6.10 Å². The van der Waals surface area contributed by atoms with Crippen LogP contribution >= 0.6 is 11.6 Å². The summed E-state index contributed by atoms with van der Waals surface area (Å²) in [5, 5.41) is 12.0. The Balaban J connectivity index is 1.13. The fourth-order valence-corrected chi connectivity index (χ4v) is 6.58. The smallest absolute Gasteiger partial charge is 0.337 e. The summed E-state index contributed by atoms with van der Waals surface area (Å²) in [6.45, 7) is 8.24. The van der Waals surface area contributed by atoms with E-state index in [2.05, 4.69) is 25.9 Å². The van der Waals surface area contributed by atoms with E-state index in [0.717, 1.165) is 71.7 Å². The van der Waals surface area contributed by atoms with Crippen molar-refractivity contribution < 1.29 is 19.4 Å². The molecule has 9 nitrogen and oxygen atoms in total. The first-order chi connectivity index (χ1) is 22.3. The topological polar surface area (TPSA) is 94.6 Å². The van der Waals surface area contributed by atoms with Crippen molar-refractivity contribution in [2.75, 3.05) is 20.2 Å². The number of carbonyl (C=O) groups is 1. The van der Waals surface area contributed by atoms with Gasteiger partial charge in [-0.25, -0.2) is 14.8 Å². The normalized spacial score (nSPS) is 14.9. The summed E-state index contributed by atoms with van der Waals surface area (Å²) in [6.07, 6.45) is 4.91. The number of piperidine rings is 1. The highest BCUT2D eigenvalue weighted by Gasteiger charge is 2.28. The quantitative estimate of drug-likeness (QED) is 0.163. The monoisotopic (exact) mass is 641 g/mol. The van der Waals surface area contributed by atoms with Crippen molar-refractivity contribution in [3.05, 3.63) is 112 Å². The molecule has 1 N–H and O–H groups in total. The molecule has 0 amide bonds. The van der Waals surface area contributed by atoms with Crippen LogP contribution < -0.4 is 4.74 Å². The van der Waals surface area contributed by atoms with Crippen LogP contribution in [0, 0.1) is 12.8 Å². The Bertz CT molecular complexity index is 1820. The molecule has 1 fully saturated rings. The number of imidazole rings is 2. The molecule has 1 unspecified atom stereocenters. The van der Waals surface area contributed by atoms with Gasteiger partial charge in [-0.1, -0.05) is 35.9 Å². The maximum atomic E-state index is 12.3. The van der Waals surface area contributed by atoms with Crippen molar-refractivity contribution in [1.29, 1.82) is 0 Å². The Labute approximate surface area is 274 Å². The van der Waals surface area contributed by atoms with Gasteiger partial charge in [-0.15, -0.1) is 0 Å². The molecule has 10 heteroatoms. The molecule has 1 saturated heterocycles. The van der Waals surface area contributed by atoms with E-state index >= 15 is 0 Å². The van der Waals surface area contributed by atoms with Crippen LogP contribution in [0.5, 0.6) is 5.75 Å². The van der Waals surface area contributed by atoms with Gasteiger partial charge in [0, 0.05) is 12.7 Å². The summed E-state index contributed by atoms with van der Waals surface area (Å²) in [6, 6.07) is 19.3. The number of ether oxygens (including phenoxy) is 2. The lowest BCUT2D eigenvalue weighted by atomic mass is 9.87. The number of rotatable bonds is 11. The standard InChI is InChI=1S/C36H40ClN5O4/c1-4-41-23-38-19-29(41)20-42-32-18-28(36(44)45-3)9-10-31(32)39-34(42)21-40-14-12-26(13-15-40)35(43)27-7-5-6-25(17-27)22-46-33-11-8-24(2)16-30(33)37/h5-11,16-19,23,26,35,43H,4,12-15,20-22H2,1-3H3. The number of hydrogen-bond acceptors (Lipinski definition) is 7. The molecule has 0 saturated carbocycles. The highest BCUT2D eigenvalue weighted by molar-refractivity contribution is 6.32. The van der Waals surface area contributed by atoms with Crippen molar-refractivity contribution >= 4 is 28.6 Å². The number of nitrogens with zero attached hydrogens (tertiary/aromatic N) is 5. The summed E-state index contributed by atoms with van der Waals surface area (Å²) in [4.78, 5) is 24.1. The molecule has 3 heterocycles. The minimum absolute atomic E-state index is 0.152. The minimum atomic E-state index is -0.555. The van der Waals surface area contributed by atoms with Crippen molar-refractivity contribution in [1.82, 2.24) is 24.0 Å². The number of methoxy groups -OCH3 is 1. The third-order valence-corrected chi connectivity index (χ3v) is 9.22. The number of halogens is 1. The van der Waals surface area contributed by atoms with E-state index in [0.29, 0.717) is 36.0 Å². The van der Waals surface area contributed by atoms with Gasteiger partial charge in [0.1, 0.15) is 18.2 Å². The molecule has 2 aromatic heterocycles. The number of fused-ring (bicyclic) bond motifs is 1. The maximum Gasteiger partial charge on any atom is 0.337 e. The second-order valence-electron chi connectivity index (χ2n) is 12.0. The predicted octanol–water partition coefficient (Wildman–Crippen LogP) is 6.57. The maximum absolute atomic E-state index is 12.3. The number of aliphatic hydroxyl groups excluding tert-OH is 1. The number of esters is 1. The second kappa shape index (κ2) is 14.1. The van der Waals surface area contributed by atoms with Gasteiger partial charge >= 0.3 is 5.97 Å². The average Bonchev–Trinajstić information content (AvgIpc) is 3.67. The molecule has 0 radical (unpaired) electrons. The summed E-state index contributed by atoms with van der Waals surface area (Å²) in [7, 11) is 1.39. The summed E-state index contributed by atoms with van der Waals surface area (Å²) >= 11 is 6.34. The van der Waals surface area contributed by atoms with Gasteiger partial charge in [0.15, 0.2) is 0 Å². The molecule has 46 heavy (non-hydrogen) atoms. The summed E-state index contributed by atoms with van der Waals surface area (Å²) < 4.78 is 15.3. The van der Waals surface area contributed by atoms with Gasteiger partial charge < -0.3 is 23.7 Å². The van der Waals surface area contributed by atoms with Crippen LogP contribution in [0.3, 0.4) is 0 Å². The van der Waals surface area contributed by atoms with Gasteiger partial charge in [0.05, 0.1) is 59.9 Å². The SMILES string of the molecule is CCn1cncc1Cn1c(CN2CCC(C(O)c3cccc(COc4ccc(C)cc4Cl)c3)CC2)nc2ccc(C(=O)OC)cc21. The first-order valence-electron chi connectivity index (χ1n) is 15.8. The lowest BCUT2D eigenvalue weighted by molar-refractivity contribution is 0.0557. The van der Waals surface area contributed by atoms with Crippen LogP contribution in [0.2, 0.25) is 5.02 Å². The van der Waals surface area contributed by atoms with Crippen LogP contribution in [-0.4, -0.2) is 55.3 Å². The van der Waals surface area contributed by atoms with Gasteiger partial charge in [-0.3, -0.25) is 4.90 Å². The molecule has 5 aromatic rings. The number of aliphatic hydroxyl groups is 1. The largest absolute Gasteiger partial charge is 0.487 e. The van der Waals surface area contributed by atoms with Crippen molar-refractivity contribution in [3.8, 4) is 5.75 Å². The Morgan fingerprint density at radius 3 is 2.67 bits per heavy atom. The van der Waals surface area contributed by atoms with Gasteiger partial charge in [0.2, 0.25) is 0 Å². The zero-order chi connectivity index (χ0) is 32.2. The fraction of sp³-hybridized carbons (Fsp3) is 0.361. The molecular formula is C36H40ClN5O4. The fourth-order valence-electron chi connectivity index (χ4n) is 6.29. The van der Waals surface area contributed by atoms with Crippen molar-refractivity contribution in [3.63, 3.8) is 0 Å². The Morgan fingerprint density at radius 2 is 1.91 bits per heavy atom. The van der Waals surface area contributed by atoms with Crippen LogP contribution in [-0.2, 0) is 31.0 Å². The predicted molar refractivity (Wildman–Crippen MR) is 178 cm³/mol. The molecule has 0 bridgehead atoms. The van der Waals surface area contributed by atoms with Gasteiger partial charge in [0.25, 0.3) is 0 Å². The third-order valence-electron chi connectivity index (χ3n) is 8.93. The molecule has 1 atom stereocenters. The molecule has 240 valence electrons. The minimum Gasteiger partial charge on any atom is -0.487 e. The van der Waals surface area contributed by atoms with Crippen LogP contribution in [0.1, 0.15) is 64.4 Å². The summed E-state index contributed by atoms with van der Waals surface area (Å²) in [5.74, 6) is 1.36. The number of likely N-dealkylation sites (tertiary alicyclic amines) is 1. The molecule has 1 aliphatic rings. The molecule has 3 aromatic carbocycles. The summed E-state index contributed by atoms with van der Waals surface area (Å²) in [5.41, 5.74) is 6.28. The molecule has 1 aliphatic heterocycles. The lowest BCUT2D eigenvalue weighted by Crippen LogP contribution is -2.36. The van der Waals surface area contributed by atoms with E-state index in [1.54, 1.807) is 6.07 Å². The average molecular weight is 642 g/mol. The Hall–Kier alpha value is -4.18. The lowest BCUT2D eigenvalue weighted by Gasteiger charge is -2.34. The third kappa shape index (κ3) is 6.97. The van der Waals surface area contributed by atoms with E-state index in [9.17, 15) is 9.90 Å². The Morgan fingerprint density at radius 1 is 1.09 bits per heavy atom. The zero-order valence-corrected chi connectivity index (χ0v) is 27.3. The highest BCUT2D eigenvalue weighted by atomic mass is 35.5. The number of benzene rings is 3. The Kier molecular flexibility index (Phi) is 9.72. The molecule has 0 aliphatic carbocycles. The van der Waals surface area contributed by atoms with Crippen molar-refractivity contribution in [2.24, 2.45) is 5.92 Å². The van der Waals surface area contributed by atoms with E-state index in [-0.39, 0.29) is 11.9 Å². The van der Waals surface area contributed by atoms with E-state index in [4.69, 9.17) is 26.1 Å². The van der Waals surface area contributed by atoms with Crippen LogP contribution in [0.4, 0.5) is 0 Å². The van der Waals surface area contributed by atoms with Crippen LogP contribution in [0.25, 0.3) is 11.0 Å². The zero-order valence-electron chi connectivity index (χ0n) is 26.5.